The van der Waals surface area contributed by atoms with Gasteiger partial charge in [-0.2, -0.15) is 0 Å². The van der Waals surface area contributed by atoms with Gasteiger partial charge in [0.05, 0.1) is 10.5 Å². The Bertz CT molecular complexity index is 490. The first-order valence-corrected chi connectivity index (χ1v) is 6.09. The molecule has 1 aromatic rings. The van der Waals surface area contributed by atoms with Gasteiger partial charge in [0.1, 0.15) is 5.82 Å². The number of thiocarbonyl (C=S) groups is 1. The molecule has 0 aliphatic heterocycles. The summed E-state index contributed by atoms with van der Waals surface area (Å²) >= 11 is 4.95. The lowest BCUT2D eigenvalue weighted by Crippen LogP contribution is -2.54. The molecule has 3 nitrogen and oxygen atoms in total. The first-order valence-electron chi connectivity index (χ1n) is 5.68. The molecule has 5 heteroatoms. The van der Waals surface area contributed by atoms with Crippen molar-refractivity contribution in [1.82, 2.24) is 5.32 Å². The molecule has 0 radical (unpaired) electrons. The first kappa shape index (κ1) is 14.6. The van der Waals surface area contributed by atoms with E-state index in [-0.39, 0.29) is 16.7 Å². The predicted molar refractivity (Wildman–Crippen MR) is 74.1 cm³/mol. The highest BCUT2D eigenvalue weighted by atomic mass is 32.1. The average molecular weight is 268 g/mol. The van der Waals surface area contributed by atoms with Crippen LogP contribution in [0.3, 0.4) is 0 Å². The molecule has 98 valence electrons. The fourth-order valence-electron chi connectivity index (χ4n) is 1.52. The number of halogens is 1. The van der Waals surface area contributed by atoms with Crippen LogP contribution in [0.4, 0.5) is 4.39 Å². The molecule has 0 heterocycles. The van der Waals surface area contributed by atoms with Crippen LogP contribution in [0, 0.1) is 12.7 Å². The SMILES string of the molecule is CCC(C)(NC(=O)c1ccc(F)cc1C)C(N)=S. The van der Waals surface area contributed by atoms with Crippen molar-refractivity contribution in [3.05, 3.63) is 35.1 Å². The highest BCUT2D eigenvalue weighted by Gasteiger charge is 2.28. The van der Waals surface area contributed by atoms with Crippen molar-refractivity contribution < 1.29 is 9.18 Å². The molecule has 1 atom stereocenters. The van der Waals surface area contributed by atoms with Gasteiger partial charge in [-0.05, 0) is 44.0 Å². The lowest BCUT2D eigenvalue weighted by atomic mass is 9.97. The van der Waals surface area contributed by atoms with Gasteiger partial charge < -0.3 is 11.1 Å². The molecule has 0 fully saturated rings. The van der Waals surface area contributed by atoms with Crippen LogP contribution in [-0.2, 0) is 0 Å². The number of amides is 1. The van der Waals surface area contributed by atoms with E-state index in [4.69, 9.17) is 18.0 Å². The normalized spacial score (nSPS) is 13.8. The smallest absolute Gasteiger partial charge is 0.252 e. The largest absolute Gasteiger partial charge is 0.391 e. The lowest BCUT2D eigenvalue weighted by molar-refractivity contribution is 0.0926. The van der Waals surface area contributed by atoms with Crippen molar-refractivity contribution in [2.24, 2.45) is 5.73 Å². The Morgan fingerprint density at radius 2 is 2.17 bits per heavy atom. The Morgan fingerprint density at radius 1 is 1.56 bits per heavy atom. The van der Waals surface area contributed by atoms with Crippen molar-refractivity contribution in [3.63, 3.8) is 0 Å². The standard InChI is InChI=1S/C13H17FN2OS/c1-4-13(3,12(15)18)16-11(17)10-6-5-9(14)7-8(10)2/h5-7H,4H2,1-3H3,(H2,15,18)(H,16,17). The van der Waals surface area contributed by atoms with Gasteiger partial charge in [-0.1, -0.05) is 19.1 Å². The van der Waals surface area contributed by atoms with Crippen LogP contribution < -0.4 is 11.1 Å². The van der Waals surface area contributed by atoms with Crippen LogP contribution in [0.5, 0.6) is 0 Å². The van der Waals surface area contributed by atoms with Crippen LogP contribution in [0.25, 0.3) is 0 Å². The highest BCUT2D eigenvalue weighted by Crippen LogP contribution is 2.14. The second-order valence-electron chi connectivity index (χ2n) is 4.46. The average Bonchev–Trinajstić information content (AvgIpc) is 2.28. The van der Waals surface area contributed by atoms with Crippen molar-refractivity contribution >= 4 is 23.1 Å². The van der Waals surface area contributed by atoms with Crippen LogP contribution in [0.2, 0.25) is 0 Å². The maximum atomic E-state index is 13.0. The second-order valence-corrected chi connectivity index (χ2v) is 4.90. The Morgan fingerprint density at radius 3 is 2.61 bits per heavy atom. The highest BCUT2D eigenvalue weighted by molar-refractivity contribution is 7.80. The first-order chi connectivity index (χ1) is 8.30. The number of rotatable bonds is 4. The molecule has 1 aromatic carbocycles. The minimum absolute atomic E-state index is 0.234. The number of carbonyl (C=O) groups excluding carboxylic acids is 1. The van der Waals surface area contributed by atoms with Crippen molar-refractivity contribution in [2.45, 2.75) is 32.7 Å². The summed E-state index contributed by atoms with van der Waals surface area (Å²) in [6, 6.07) is 4.03. The second kappa shape index (κ2) is 5.44. The summed E-state index contributed by atoms with van der Waals surface area (Å²) in [6.07, 6.45) is 0.592. The van der Waals surface area contributed by atoms with Gasteiger partial charge in [-0.25, -0.2) is 4.39 Å². The summed E-state index contributed by atoms with van der Waals surface area (Å²) in [6.45, 7) is 5.34. The van der Waals surface area contributed by atoms with Crippen LogP contribution in [-0.4, -0.2) is 16.4 Å². The summed E-state index contributed by atoms with van der Waals surface area (Å²) in [5, 5.41) is 2.79. The van der Waals surface area contributed by atoms with E-state index in [2.05, 4.69) is 5.32 Å². The van der Waals surface area contributed by atoms with Gasteiger partial charge in [0.2, 0.25) is 0 Å². The van der Waals surface area contributed by atoms with Gasteiger partial charge in [-0.15, -0.1) is 0 Å². The van der Waals surface area contributed by atoms with E-state index in [1.165, 1.54) is 18.2 Å². The number of hydrogen-bond donors (Lipinski definition) is 2. The molecule has 0 saturated heterocycles. The van der Waals surface area contributed by atoms with E-state index in [9.17, 15) is 9.18 Å². The zero-order valence-corrected chi connectivity index (χ0v) is 11.5. The van der Waals surface area contributed by atoms with Crippen LogP contribution in [0.1, 0.15) is 36.2 Å². The molecule has 0 aliphatic carbocycles. The van der Waals surface area contributed by atoms with Crippen molar-refractivity contribution in [2.75, 3.05) is 0 Å². The molecule has 0 aliphatic rings. The molecular formula is C13H17FN2OS. The van der Waals surface area contributed by atoms with E-state index in [0.717, 1.165) is 0 Å². The van der Waals surface area contributed by atoms with E-state index in [1.807, 2.05) is 6.92 Å². The molecule has 18 heavy (non-hydrogen) atoms. The fraction of sp³-hybridized carbons (Fsp3) is 0.385. The molecule has 1 amide bonds. The number of aryl methyl sites for hydroxylation is 1. The minimum Gasteiger partial charge on any atom is -0.391 e. The number of carbonyl (C=O) groups is 1. The van der Waals surface area contributed by atoms with Gasteiger partial charge in [0, 0.05) is 5.56 Å². The molecular weight excluding hydrogens is 251 g/mol. The monoisotopic (exact) mass is 268 g/mol. The third-order valence-electron chi connectivity index (χ3n) is 3.07. The number of nitrogens with one attached hydrogen (secondary N) is 1. The van der Waals surface area contributed by atoms with Crippen molar-refractivity contribution in [1.29, 1.82) is 0 Å². The third kappa shape index (κ3) is 3.04. The molecule has 3 N–H and O–H groups in total. The third-order valence-corrected chi connectivity index (χ3v) is 3.52. The molecule has 0 bridgehead atoms. The summed E-state index contributed by atoms with van der Waals surface area (Å²) < 4.78 is 13.0. The molecule has 1 rings (SSSR count). The molecule has 0 saturated carbocycles. The quantitative estimate of drug-likeness (QED) is 0.824. The minimum atomic E-state index is -0.729. The maximum Gasteiger partial charge on any atom is 0.252 e. The molecule has 0 spiro atoms. The Labute approximate surface area is 112 Å². The van der Waals surface area contributed by atoms with Gasteiger partial charge in [-0.3, -0.25) is 4.79 Å². The summed E-state index contributed by atoms with van der Waals surface area (Å²) in [7, 11) is 0. The summed E-state index contributed by atoms with van der Waals surface area (Å²) in [5.41, 5.74) is 5.90. The van der Waals surface area contributed by atoms with Crippen molar-refractivity contribution in [3.8, 4) is 0 Å². The van der Waals surface area contributed by atoms with Crippen LogP contribution >= 0.6 is 12.2 Å². The Kier molecular flexibility index (Phi) is 4.40. The van der Waals surface area contributed by atoms with E-state index in [0.29, 0.717) is 17.5 Å². The zero-order chi connectivity index (χ0) is 13.9. The molecule has 0 aromatic heterocycles. The molecule has 1 unspecified atom stereocenters. The van der Waals surface area contributed by atoms with E-state index in [1.54, 1.807) is 13.8 Å². The van der Waals surface area contributed by atoms with Gasteiger partial charge in [0.15, 0.2) is 0 Å². The van der Waals surface area contributed by atoms with Gasteiger partial charge in [0.25, 0.3) is 5.91 Å². The van der Waals surface area contributed by atoms with Gasteiger partial charge >= 0.3 is 0 Å². The van der Waals surface area contributed by atoms with Crippen LogP contribution in [0.15, 0.2) is 18.2 Å². The maximum absolute atomic E-state index is 13.0. The Hall–Kier alpha value is -1.49. The summed E-state index contributed by atoms with van der Waals surface area (Å²) in [4.78, 5) is 12.3. The fourth-order valence-corrected chi connectivity index (χ4v) is 1.72. The lowest BCUT2D eigenvalue weighted by Gasteiger charge is -2.28. The van der Waals surface area contributed by atoms with E-state index >= 15 is 0 Å². The van der Waals surface area contributed by atoms with E-state index < -0.39 is 5.54 Å². The Balaban J connectivity index is 2.98. The number of benzene rings is 1. The predicted octanol–water partition coefficient (Wildman–Crippen LogP) is 2.32. The summed E-state index contributed by atoms with van der Waals surface area (Å²) in [5.74, 6) is -0.665. The zero-order valence-electron chi connectivity index (χ0n) is 10.7. The number of hydrogen-bond acceptors (Lipinski definition) is 2. The number of nitrogens with two attached hydrogens (primary N) is 1. The topological polar surface area (TPSA) is 55.1 Å².